The SMILES string of the molecule is [2H]c1c([2H])c([2H])c2c([2H])c(-n3c4c([2H])c([2H])c([2H])c([2H])c4c4c([2H])c([2H])c5c6c([2H])c([2H])c([2H])c([2H])c6n(-c6ccc(-c7ccc8ccccc8c7)cc6)c5c43)c([2H])c([2H])c2c1[2H]. The van der Waals surface area contributed by atoms with E-state index < -0.39 is 119 Å². The van der Waals surface area contributed by atoms with Crippen LogP contribution in [0, 0.1) is 0 Å². The number of fused-ring (bicyclic) bond motifs is 9. The monoisotopic (exact) mass is 601 g/mol. The van der Waals surface area contributed by atoms with E-state index >= 15 is 0 Å². The predicted molar refractivity (Wildman–Crippen MR) is 196 cm³/mol. The molecule has 0 radical (unpaired) electrons. The Morgan fingerprint density at radius 1 is 0.391 bits per heavy atom. The molecule has 2 heterocycles. The van der Waals surface area contributed by atoms with Crippen LogP contribution in [-0.4, -0.2) is 9.13 Å². The van der Waals surface area contributed by atoms with Gasteiger partial charge in [0.15, 0.2) is 0 Å². The molecule has 0 saturated heterocycles. The summed E-state index contributed by atoms with van der Waals surface area (Å²) in [5, 5.41) is 0.301. The Labute approximate surface area is 289 Å². The van der Waals surface area contributed by atoms with Crippen molar-refractivity contribution in [3.63, 3.8) is 0 Å². The molecule has 0 spiro atoms. The molecule has 2 heteroatoms. The lowest BCUT2D eigenvalue weighted by Gasteiger charge is -2.14. The molecule has 0 saturated carbocycles. The first-order chi connectivity index (χ1) is 29.9. The van der Waals surface area contributed by atoms with Gasteiger partial charge in [-0.1, -0.05) is 127 Å². The highest BCUT2D eigenvalue weighted by atomic mass is 15.0. The summed E-state index contributed by atoms with van der Waals surface area (Å²) in [5.74, 6) is 0. The van der Waals surface area contributed by atoms with Gasteiger partial charge in [0.1, 0.15) is 0 Å². The largest absolute Gasteiger partial charge is 0.307 e. The molecule has 46 heavy (non-hydrogen) atoms. The molecular weight excluding hydrogens is 556 g/mol. The summed E-state index contributed by atoms with van der Waals surface area (Å²) >= 11 is 0. The maximum absolute atomic E-state index is 9.57. The van der Waals surface area contributed by atoms with Crippen molar-refractivity contribution in [1.82, 2.24) is 9.13 Å². The van der Waals surface area contributed by atoms with Gasteiger partial charge in [-0.2, -0.15) is 0 Å². The molecule has 10 aromatic rings. The van der Waals surface area contributed by atoms with Gasteiger partial charge in [-0.05, 0) is 75.0 Å². The summed E-state index contributed by atoms with van der Waals surface area (Å²) in [7, 11) is 0. The fraction of sp³-hybridized carbons (Fsp3) is 0. The van der Waals surface area contributed by atoms with Gasteiger partial charge in [0.05, 0.1) is 45.4 Å². The molecule has 0 fully saturated rings. The Morgan fingerprint density at radius 2 is 0.978 bits per heavy atom. The van der Waals surface area contributed by atoms with Crippen LogP contribution in [-0.2, 0) is 0 Å². The van der Waals surface area contributed by atoms with Gasteiger partial charge in [0.25, 0.3) is 0 Å². The molecule has 0 atom stereocenters. The summed E-state index contributed by atoms with van der Waals surface area (Å²) < 4.78 is 155. The molecule has 0 amide bonds. The van der Waals surface area contributed by atoms with Crippen LogP contribution in [0.15, 0.2) is 169 Å². The zero-order chi connectivity index (χ0) is 45.0. The predicted octanol–water partition coefficient (Wildman–Crippen LogP) is 11.9. The van der Waals surface area contributed by atoms with E-state index in [9.17, 15) is 8.22 Å². The number of para-hydroxylation sites is 2. The molecular formula is C44H28N2. The van der Waals surface area contributed by atoms with E-state index in [0.717, 1.165) is 26.5 Å². The Morgan fingerprint density at radius 3 is 1.70 bits per heavy atom. The van der Waals surface area contributed by atoms with Crippen LogP contribution in [0.1, 0.15) is 23.3 Å². The quantitative estimate of drug-likeness (QED) is 0.191. The van der Waals surface area contributed by atoms with Crippen molar-refractivity contribution in [3.05, 3.63) is 169 Å². The molecule has 8 aromatic carbocycles. The molecule has 0 aliphatic rings. The topological polar surface area (TPSA) is 9.86 Å². The van der Waals surface area contributed by atoms with Crippen LogP contribution in [0.25, 0.3) is 87.7 Å². The lowest BCUT2D eigenvalue weighted by atomic mass is 10.0. The zero-order valence-corrected chi connectivity index (χ0v) is 23.7. The first kappa shape index (κ1) is 13.9. The Kier molecular flexibility index (Phi) is 2.93. The van der Waals surface area contributed by atoms with E-state index in [2.05, 4.69) is 0 Å². The Balaban J connectivity index is 1.48. The molecule has 0 aliphatic heterocycles. The van der Waals surface area contributed by atoms with Gasteiger partial charge < -0.3 is 9.13 Å². The third kappa shape index (κ3) is 3.65. The van der Waals surface area contributed by atoms with Crippen LogP contribution in [0.4, 0.5) is 0 Å². The fourth-order valence-electron chi connectivity index (χ4n) is 6.35. The van der Waals surface area contributed by atoms with Crippen LogP contribution in [0.3, 0.4) is 0 Å². The van der Waals surface area contributed by atoms with E-state index in [1.807, 2.05) is 42.5 Å². The Bertz CT molecular complexity index is 3760. The molecule has 0 aliphatic carbocycles. The average molecular weight is 602 g/mol. The maximum Gasteiger partial charge on any atom is 0.0788 e. The third-order valence-corrected chi connectivity index (χ3v) is 8.41. The first-order valence-corrected chi connectivity index (χ1v) is 14.5. The van der Waals surface area contributed by atoms with Crippen molar-refractivity contribution >= 4 is 65.2 Å². The number of nitrogens with zero attached hydrogens (tertiary/aromatic N) is 2. The number of hydrogen-bond acceptors (Lipinski definition) is 0. The molecule has 2 nitrogen and oxygen atoms in total. The number of hydrogen-bond donors (Lipinski definition) is 0. The van der Waals surface area contributed by atoms with Crippen LogP contribution in [0.5, 0.6) is 0 Å². The van der Waals surface area contributed by atoms with Crippen molar-refractivity contribution in [1.29, 1.82) is 0 Å². The summed E-state index contributed by atoms with van der Waals surface area (Å²) in [6.45, 7) is 0. The van der Waals surface area contributed by atoms with E-state index in [1.54, 1.807) is 24.3 Å². The second kappa shape index (κ2) is 9.69. The minimum Gasteiger partial charge on any atom is -0.307 e. The van der Waals surface area contributed by atoms with Crippen molar-refractivity contribution in [2.45, 2.75) is 0 Å². The van der Waals surface area contributed by atoms with Gasteiger partial charge >= 0.3 is 0 Å². The molecule has 10 rings (SSSR count). The maximum atomic E-state index is 9.57. The molecule has 0 unspecified atom stereocenters. The van der Waals surface area contributed by atoms with Crippen molar-refractivity contribution < 1.29 is 23.3 Å². The van der Waals surface area contributed by atoms with Gasteiger partial charge in [0, 0.05) is 32.9 Å². The zero-order valence-electron chi connectivity index (χ0n) is 40.7. The average Bonchev–Trinajstić information content (AvgIpc) is 3.82. The van der Waals surface area contributed by atoms with E-state index in [4.69, 9.17) is 15.1 Å². The highest BCUT2D eigenvalue weighted by Gasteiger charge is 2.21. The van der Waals surface area contributed by atoms with E-state index in [0.29, 0.717) is 5.69 Å². The summed E-state index contributed by atoms with van der Waals surface area (Å²) in [5.41, 5.74) is 0.633. The highest BCUT2D eigenvalue weighted by Crippen LogP contribution is 2.42. The van der Waals surface area contributed by atoms with Gasteiger partial charge in [0.2, 0.25) is 0 Å². The normalized spacial score (nSPS) is 17.1. The van der Waals surface area contributed by atoms with Gasteiger partial charge in [-0.25, -0.2) is 0 Å². The molecule has 0 N–H and O–H groups in total. The van der Waals surface area contributed by atoms with E-state index in [-0.39, 0.29) is 43.6 Å². The van der Waals surface area contributed by atoms with Crippen LogP contribution in [0.2, 0.25) is 0 Å². The molecule has 2 aromatic heterocycles. The lowest BCUT2D eigenvalue weighted by molar-refractivity contribution is 1.15. The minimum absolute atomic E-state index is 0.0834. The highest BCUT2D eigenvalue weighted by molar-refractivity contribution is 6.23. The van der Waals surface area contributed by atoms with E-state index in [1.165, 1.54) is 4.57 Å². The van der Waals surface area contributed by atoms with Crippen molar-refractivity contribution in [2.75, 3.05) is 0 Å². The second-order valence-electron chi connectivity index (χ2n) is 10.9. The lowest BCUT2D eigenvalue weighted by Crippen LogP contribution is -1.99. The first-order valence-electron chi connectivity index (χ1n) is 23.0. The number of benzene rings is 8. The number of aromatic nitrogens is 2. The molecule has 214 valence electrons. The summed E-state index contributed by atoms with van der Waals surface area (Å²) in [4.78, 5) is 0. The van der Waals surface area contributed by atoms with Crippen LogP contribution < -0.4 is 0 Å². The van der Waals surface area contributed by atoms with Crippen LogP contribution >= 0.6 is 0 Å². The fourth-order valence-corrected chi connectivity index (χ4v) is 6.35. The number of rotatable bonds is 3. The standard InChI is InChI=1S/C44H28N2/c1-3-11-32-27-34(18-17-29(32)9-1)31-19-22-35(23-20-31)45-41-15-7-5-13-37(41)39-25-26-40-38-14-6-8-16-42(38)46(44(40)43(39)45)36-24-21-30-10-2-4-12-33(30)28-36/h1-28H/i2D,4D,5D,6D,7D,8D,10D,12D,13D,14D,15D,16D,21D,24D,25D,26D,28D. The smallest absolute Gasteiger partial charge is 0.0788 e. The summed E-state index contributed by atoms with van der Waals surface area (Å²) in [6, 6.07) is 9.62. The molecule has 0 bridgehead atoms. The van der Waals surface area contributed by atoms with Crippen molar-refractivity contribution in [3.8, 4) is 22.5 Å². The van der Waals surface area contributed by atoms with Gasteiger partial charge in [-0.3, -0.25) is 0 Å². The summed E-state index contributed by atoms with van der Waals surface area (Å²) in [6.07, 6.45) is 0. The third-order valence-electron chi connectivity index (χ3n) is 8.41. The minimum atomic E-state index is -0.759. The van der Waals surface area contributed by atoms with Gasteiger partial charge in [-0.15, -0.1) is 0 Å². The van der Waals surface area contributed by atoms with Crippen molar-refractivity contribution in [2.24, 2.45) is 0 Å². The second-order valence-corrected chi connectivity index (χ2v) is 10.9. The Hall–Kier alpha value is -6.12.